The third kappa shape index (κ3) is 2.78. The maximum absolute atomic E-state index is 13.1. The zero-order valence-electron chi connectivity index (χ0n) is 13.4. The number of rotatable bonds is 3. The summed E-state index contributed by atoms with van der Waals surface area (Å²) in [4.78, 5) is 2.39. The number of likely N-dealkylation sites (tertiary alicyclic amines) is 1. The van der Waals surface area contributed by atoms with E-state index in [4.69, 9.17) is 5.73 Å². The van der Waals surface area contributed by atoms with Gasteiger partial charge in [-0.2, -0.15) is 5.10 Å². The van der Waals surface area contributed by atoms with E-state index < -0.39 is 0 Å². The van der Waals surface area contributed by atoms with Crippen LogP contribution in [-0.2, 0) is 6.54 Å². The summed E-state index contributed by atoms with van der Waals surface area (Å²) in [6.45, 7) is 9.13. The smallest absolute Gasteiger partial charge is 0.123 e. The highest BCUT2D eigenvalue weighted by molar-refractivity contribution is 5.37. The minimum absolute atomic E-state index is 0.231. The lowest BCUT2D eigenvalue weighted by Crippen LogP contribution is -2.28. The standard InChI is InChI=1S/C17H23FN4/c1-11-8-21(10-17(11)19)9-16-12(2)20-22(13(16)3)15-6-4-14(18)5-7-15/h4-7,11,17H,8-10,19H2,1-3H3. The summed E-state index contributed by atoms with van der Waals surface area (Å²) in [6.07, 6.45) is 0. The summed E-state index contributed by atoms with van der Waals surface area (Å²) >= 11 is 0. The quantitative estimate of drug-likeness (QED) is 0.947. The molecule has 2 aromatic rings. The van der Waals surface area contributed by atoms with E-state index in [1.54, 1.807) is 12.1 Å². The highest BCUT2D eigenvalue weighted by Crippen LogP contribution is 2.23. The number of nitrogens with two attached hydrogens (primary N) is 1. The largest absolute Gasteiger partial charge is 0.326 e. The molecule has 2 heterocycles. The first-order valence-electron chi connectivity index (χ1n) is 7.74. The third-order valence-electron chi connectivity index (χ3n) is 4.64. The normalized spacial score (nSPS) is 22.4. The molecule has 1 aliphatic heterocycles. The SMILES string of the molecule is Cc1nn(-c2ccc(F)cc2)c(C)c1CN1CC(C)C(N)C1. The zero-order valence-corrected chi connectivity index (χ0v) is 13.4. The fraction of sp³-hybridized carbons (Fsp3) is 0.471. The van der Waals surface area contributed by atoms with Gasteiger partial charge in [-0.3, -0.25) is 4.90 Å². The van der Waals surface area contributed by atoms with Crippen molar-refractivity contribution in [1.82, 2.24) is 14.7 Å². The van der Waals surface area contributed by atoms with Crippen LogP contribution in [0.3, 0.4) is 0 Å². The van der Waals surface area contributed by atoms with Crippen LogP contribution in [0.1, 0.15) is 23.9 Å². The average Bonchev–Trinajstić information content (AvgIpc) is 2.94. The van der Waals surface area contributed by atoms with Crippen molar-refractivity contribution in [1.29, 1.82) is 0 Å². The number of aromatic nitrogens is 2. The minimum Gasteiger partial charge on any atom is -0.326 e. The van der Waals surface area contributed by atoms with Gasteiger partial charge < -0.3 is 5.73 Å². The van der Waals surface area contributed by atoms with Crippen molar-refractivity contribution in [2.24, 2.45) is 11.7 Å². The Morgan fingerprint density at radius 1 is 1.23 bits per heavy atom. The maximum atomic E-state index is 13.1. The van der Waals surface area contributed by atoms with Gasteiger partial charge in [0.05, 0.1) is 11.4 Å². The molecule has 2 unspecified atom stereocenters. The number of aryl methyl sites for hydroxylation is 1. The first-order valence-corrected chi connectivity index (χ1v) is 7.74. The molecule has 118 valence electrons. The van der Waals surface area contributed by atoms with Crippen molar-refractivity contribution in [3.05, 3.63) is 47.0 Å². The molecule has 4 nitrogen and oxygen atoms in total. The van der Waals surface area contributed by atoms with E-state index in [0.717, 1.165) is 36.7 Å². The van der Waals surface area contributed by atoms with E-state index in [0.29, 0.717) is 5.92 Å². The number of halogens is 1. The summed E-state index contributed by atoms with van der Waals surface area (Å²) in [5, 5.41) is 4.63. The van der Waals surface area contributed by atoms with Crippen molar-refractivity contribution in [2.75, 3.05) is 13.1 Å². The van der Waals surface area contributed by atoms with Gasteiger partial charge in [-0.05, 0) is 44.0 Å². The van der Waals surface area contributed by atoms with E-state index in [1.807, 2.05) is 11.6 Å². The van der Waals surface area contributed by atoms with E-state index >= 15 is 0 Å². The Morgan fingerprint density at radius 2 is 1.91 bits per heavy atom. The van der Waals surface area contributed by atoms with Crippen molar-refractivity contribution < 1.29 is 4.39 Å². The van der Waals surface area contributed by atoms with Gasteiger partial charge in [0.25, 0.3) is 0 Å². The van der Waals surface area contributed by atoms with Crippen LogP contribution in [-0.4, -0.2) is 33.8 Å². The molecule has 1 aromatic carbocycles. The summed E-state index contributed by atoms with van der Waals surface area (Å²) in [5.41, 5.74) is 10.4. The predicted octanol–water partition coefficient (Wildman–Crippen LogP) is 2.41. The van der Waals surface area contributed by atoms with Crippen molar-refractivity contribution in [2.45, 2.75) is 33.4 Å². The summed E-state index contributed by atoms with van der Waals surface area (Å²) in [6, 6.07) is 6.70. The predicted molar refractivity (Wildman–Crippen MR) is 85.4 cm³/mol. The fourth-order valence-corrected chi connectivity index (χ4v) is 3.19. The molecule has 1 aromatic heterocycles. The highest BCUT2D eigenvalue weighted by atomic mass is 19.1. The van der Waals surface area contributed by atoms with E-state index in [1.165, 1.54) is 17.7 Å². The van der Waals surface area contributed by atoms with Crippen LogP contribution in [0.2, 0.25) is 0 Å². The first-order chi connectivity index (χ1) is 10.5. The summed E-state index contributed by atoms with van der Waals surface area (Å²) < 4.78 is 15.0. The Bertz CT molecular complexity index is 652. The molecule has 2 N–H and O–H groups in total. The minimum atomic E-state index is -0.231. The number of benzene rings is 1. The molecular weight excluding hydrogens is 279 g/mol. The van der Waals surface area contributed by atoms with Crippen LogP contribution in [0.5, 0.6) is 0 Å². The molecule has 0 saturated carbocycles. The second-order valence-corrected chi connectivity index (χ2v) is 6.37. The van der Waals surface area contributed by atoms with Crippen molar-refractivity contribution in [3.63, 3.8) is 0 Å². The monoisotopic (exact) mass is 302 g/mol. The Hall–Kier alpha value is -1.72. The lowest BCUT2D eigenvalue weighted by Gasteiger charge is -2.15. The average molecular weight is 302 g/mol. The molecular formula is C17H23FN4. The van der Waals surface area contributed by atoms with Crippen molar-refractivity contribution >= 4 is 0 Å². The van der Waals surface area contributed by atoms with Crippen LogP contribution in [0.4, 0.5) is 4.39 Å². The molecule has 1 aliphatic rings. The van der Waals surface area contributed by atoms with E-state index in [2.05, 4.69) is 23.8 Å². The topological polar surface area (TPSA) is 47.1 Å². The van der Waals surface area contributed by atoms with Gasteiger partial charge in [0, 0.05) is 36.9 Å². The second kappa shape index (κ2) is 5.82. The van der Waals surface area contributed by atoms with Crippen LogP contribution >= 0.6 is 0 Å². The molecule has 1 saturated heterocycles. The lowest BCUT2D eigenvalue weighted by molar-refractivity contribution is 0.317. The first kappa shape index (κ1) is 15.2. The van der Waals surface area contributed by atoms with Crippen molar-refractivity contribution in [3.8, 4) is 5.69 Å². The molecule has 2 atom stereocenters. The zero-order chi connectivity index (χ0) is 15.9. The molecule has 0 amide bonds. The van der Waals surface area contributed by atoms with E-state index in [-0.39, 0.29) is 11.9 Å². The Balaban J connectivity index is 1.86. The third-order valence-corrected chi connectivity index (χ3v) is 4.64. The highest BCUT2D eigenvalue weighted by Gasteiger charge is 2.27. The molecule has 0 bridgehead atoms. The van der Waals surface area contributed by atoms with Gasteiger partial charge in [-0.25, -0.2) is 9.07 Å². The number of hydrogen-bond donors (Lipinski definition) is 1. The molecule has 1 fully saturated rings. The van der Waals surface area contributed by atoms with Gasteiger partial charge in [-0.15, -0.1) is 0 Å². The van der Waals surface area contributed by atoms with Gasteiger partial charge in [0.1, 0.15) is 5.82 Å². The molecule has 3 rings (SSSR count). The van der Waals surface area contributed by atoms with E-state index in [9.17, 15) is 4.39 Å². The number of nitrogens with zero attached hydrogens (tertiary/aromatic N) is 3. The Labute approximate surface area is 130 Å². The second-order valence-electron chi connectivity index (χ2n) is 6.37. The molecule has 0 aliphatic carbocycles. The molecule has 22 heavy (non-hydrogen) atoms. The van der Waals surface area contributed by atoms with Crippen LogP contribution in [0.25, 0.3) is 5.69 Å². The van der Waals surface area contributed by atoms with Gasteiger partial charge >= 0.3 is 0 Å². The molecule has 0 spiro atoms. The fourth-order valence-electron chi connectivity index (χ4n) is 3.19. The van der Waals surface area contributed by atoms with Crippen LogP contribution in [0.15, 0.2) is 24.3 Å². The maximum Gasteiger partial charge on any atom is 0.123 e. The summed E-state index contributed by atoms with van der Waals surface area (Å²) in [5.74, 6) is 0.304. The summed E-state index contributed by atoms with van der Waals surface area (Å²) in [7, 11) is 0. The number of hydrogen-bond acceptors (Lipinski definition) is 3. The Morgan fingerprint density at radius 3 is 2.50 bits per heavy atom. The molecule has 5 heteroatoms. The molecule has 0 radical (unpaired) electrons. The lowest BCUT2D eigenvalue weighted by atomic mass is 10.1. The Kier molecular flexibility index (Phi) is 4.02. The van der Waals surface area contributed by atoms with Crippen LogP contribution in [0, 0.1) is 25.6 Å². The van der Waals surface area contributed by atoms with Crippen LogP contribution < -0.4 is 5.73 Å². The van der Waals surface area contributed by atoms with Gasteiger partial charge in [0.15, 0.2) is 0 Å². The van der Waals surface area contributed by atoms with Gasteiger partial charge in [0.2, 0.25) is 0 Å². The van der Waals surface area contributed by atoms with Gasteiger partial charge in [-0.1, -0.05) is 6.92 Å².